The van der Waals surface area contributed by atoms with Crippen LogP contribution in [-0.4, -0.2) is 0 Å². The summed E-state index contributed by atoms with van der Waals surface area (Å²) in [6.07, 6.45) is 0. The molecule has 0 N–H and O–H groups in total. The minimum Gasteiger partial charge on any atom is -0.456 e. The molecular weight excluding hydrogens is 506 g/mol. The standard InChI is InChI=1S/C37H21NOS/c38-22-26-7-1-2-8-27(26)23-13-16-28(24-14-17-35-32(20-24)29-9-3-5-11-34(29)39-35)31(19-23)25-15-18-37-33(21-25)30-10-4-6-12-36(30)40-37/h1-21H. The van der Waals surface area contributed by atoms with Crippen molar-refractivity contribution in [1.82, 2.24) is 0 Å². The van der Waals surface area contributed by atoms with E-state index < -0.39 is 0 Å². The van der Waals surface area contributed by atoms with Crippen molar-refractivity contribution >= 4 is 53.4 Å². The number of nitriles is 1. The molecule has 0 radical (unpaired) electrons. The SMILES string of the molecule is N#Cc1ccccc1-c1ccc(-c2ccc3oc4ccccc4c3c2)c(-c2ccc3sc4ccccc4c3c2)c1. The van der Waals surface area contributed by atoms with Gasteiger partial charge in [0, 0.05) is 30.9 Å². The highest BCUT2D eigenvalue weighted by Crippen LogP contribution is 2.42. The highest BCUT2D eigenvalue weighted by atomic mass is 32.1. The fourth-order valence-corrected chi connectivity index (χ4v) is 6.91. The Morgan fingerprint density at radius 1 is 0.475 bits per heavy atom. The summed E-state index contributed by atoms with van der Waals surface area (Å²) in [5.74, 6) is 0. The summed E-state index contributed by atoms with van der Waals surface area (Å²) >= 11 is 1.83. The highest BCUT2D eigenvalue weighted by Gasteiger charge is 2.15. The van der Waals surface area contributed by atoms with Gasteiger partial charge in [-0.05, 0) is 81.9 Å². The second-order valence-electron chi connectivity index (χ2n) is 10.0. The predicted molar refractivity (Wildman–Crippen MR) is 168 cm³/mol. The number of thiophene rings is 1. The number of hydrogen-bond acceptors (Lipinski definition) is 3. The lowest BCUT2D eigenvalue weighted by Gasteiger charge is -2.14. The van der Waals surface area contributed by atoms with Crippen LogP contribution in [0.4, 0.5) is 0 Å². The fourth-order valence-electron chi connectivity index (χ4n) is 5.82. The van der Waals surface area contributed by atoms with E-state index in [2.05, 4.69) is 97.1 Å². The molecular formula is C37H21NOS. The molecule has 2 nitrogen and oxygen atoms in total. The molecule has 0 bridgehead atoms. The van der Waals surface area contributed by atoms with Crippen LogP contribution in [0.15, 0.2) is 132 Å². The van der Waals surface area contributed by atoms with Gasteiger partial charge in [-0.25, -0.2) is 0 Å². The van der Waals surface area contributed by atoms with E-state index in [9.17, 15) is 5.26 Å². The van der Waals surface area contributed by atoms with Gasteiger partial charge in [0.05, 0.1) is 11.6 Å². The summed E-state index contributed by atoms with van der Waals surface area (Å²) in [4.78, 5) is 0. The van der Waals surface area contributed by atoms with Crippen LogP contribution in [0.25, 0.3) is 75.5 Å². The van der Waals surface area contributed by atoms with Crippen molar-refractivity contribution in [2.45, 2.75) is 0 Å². The molecule has 0 fully saturated rings. The lowest BCUT2D eigenvalue weighted by molar-refractivity contribution is 0.669. The first-order valence-corrected chi connectivity index (χ1v) is 14.1. The molecule has 8 aromatic rings. The van der Waals surface area contributed by atoms with E-state index in [1.54, 1.807) is 0 Å². The normalized spacial score (nSPS) is 11.5. The number of rotatable bonds is 3. The Labute approximate surface area is 235 Å². The Bertz CT molecular complexity index is 2300. The van der Waals surface area contributed by atoms with Crippen LogP contribution in [0, 0.1) is 11.3 Å². The quantitative estimate of drug-likeness (QED) is 0.229. The van der Waals surface area contributed by atoms with E-state index in [-0.39, 0.29) is 0 Å². The maximum absolute atomic E-state index is 9.80. The van der Waals surface area contributed by atoms with Gasteiger partial charge in [-0.1, -0.05) is 78.9 Å². The van der Waals surface area contributed by atoms with E-state index in [0.29, 0.717) is 5.56 Å². The van der Waals surface area contributed by atoms with Crippen LogP contribution in [0.3, 0.4) is 0 Å². The Morgan fingerprint density at radius 3 is 2.05 bits per heavy atom. The van der Waals surface area contributed by atoms with Gasteiger partial charge in [0.2, 0.25) is 0 Å². The van der Waals surface area contributed by atoms with E-state index in [0.717, 1.165) is 55.3 Å². The zero-order chi connectivity index (χ0) is 26.6. The van der Waals surface area contributed by atoms with Crippen molar-refractivity contribution in [1.29, 1.82) is 5.26 Å². The van der Waals surface area contributed by atoms with E-state index in [4.69, 9.17) is 4.42 Å². The van der Waals surface area contributed by atoms with Crippen molar-refractivity contribution in [3.8, 4) is 39.4 Å². The molecule has 3 heteroatoms. The predicted octanol–water partition coefficient (Wildman–Crippen LogP) is 10.8. The van der Waals surface area contributed by atoms with Crippen molar-refractivity contribution < 1.29 is 4.42 Å². The molecule has 0 amide bonds. The number of furan rings is 1. The third-order valence-corrected chi connectivity index (χ3v) is 8.91. The molecule has 0 unspecified atom stereocenters. The van der Waals surface area contributed by atoms with E-state index >= 15 is 0 Å². The molecule has 0 aliphatic rings. The monoisotopic (exact) mass is 527 g/mol. The number of nitrogens with zero attached hydrogens (tertiary/aromatic N) is 1. The molecule has 0 saturated carbocycles. The number of benzene rings is 6. The first-order chi connectivity index (χ1) is 19.8. The van der Waals surface area contributed by atoms with E-state index in [1.165, 1.54) is 20.2 Å². The highest BCUT2D eigenvalue weighted by molar-refractivity contribution is 7.25. The molecule has 6 aromatic carbocycles. The molecule has 0 atom stereocenters. The number of fused-ring (bicyclic) bond motifs is 6. The Hall–Kier alpha value is -5.17. The van der Waals surface area contributed by atoms with Crippen molar-refractivity contribution in [2.24, 2.45) is 0 Å². The maximum atomic E-state index is 9.80. The number of hydrogen-bond donors (Lipinski definition) is 0. The third-order valence-electron chi connectivity index (χ3n) is 7.75. The summed E-state index contributed by atoms with van der Waals surface area (Å²) in [5.41, 5.74) is 8.98. The van der Waals surface area contributed by atoms with Crippen LogP contribution in [0.2, 0.25) is 0 Å². The maximum Gasteiger partial charge on any atom is 0.135 e. The van der Waals surface area contributed by atoms with Gasteiger partial charge < -0.3 is 4.42 Å². The largest absolute Gasteiger partial charge is 0.456 e. The average Bonchev–Trinajstić information content (AvgIpc) is 3.58. The van der Waals surface area contributed by atoms with Gasteiger partial charge in [-0.2, -0.15) is 5.26 Å². The fraction of sp³-hybridized carbons (Fsp3) is 0. The van der Waals surface area contributed by atoms with Gasteiger partial charge >= 0.3 is 0 Å². The minimum atomic E-state index is 0.673. The second-order valence-corrected chi connectivity index (χ2v) is 11.1. The molecule has 0 aliphatic heterocycles. The molecule has 0 aliphatic carbocycles. The smallest absolute Gasteiger partial charge is 0.135 e. The van der Waals surface area contributed by atoms with Crippen LogP contribution < -0.4 is 0 Å². The minimum absolute atomic E-state index is 0.673. The molecule has 0 saturated heterocycles. The van der Waals surface area contributed by atoms with Crippen molar-refractivity contribution in [3.63, 3.8) is 0 Å². The summed E-state index contributed by atoms with van der Waals surface area (Å²) in [5, 5.41) is 14.6. The summed E-state index contributed by atoms with van der Waals surface area (Å²) < 4.78 is 8.69. The van der Waals surface area contributed by atoms with Gasteiger partial charge in [0.25, 0.3) is 0 Å². The van der Waals surface area contributed by atoms with Crippen LogP contribution >= 0.6 is 11.3 Å². The molecule has 2 heterocycles. The van der Waals surface area contributed by atoms with Crippen LogP contribution in [0.1, 0.15) is 5.56 Å². The molecule has 186 valence electrons. The first-order valence-electron chi connectivity index (χ1n) is 13.2. The summed E-state index contributed by atoms with van der Waals surface area (Å²) in [7, 11) is 0. The second kappa shape index (κ2) is 8.95. The number of para-hydroxylation sites is 1. The van der Waals surface area contributed by atoms with Crippen LogP contribution in [0.5, 0.6) is 0 Å². The van der Waals surface area contributed by atoms with Gasteiger partial charge in [0.1, 0.15) is 11.2 Å². The van der Waals surface area contributed by atoms with Crippen LogP contribution in [-0.2, 0) is 0 Å². The summed E-state index contributed by atoms with van der Waals surface area (Å²) in [6.45, 7) is 0. The van der Waals surface area contributed by atoms with Crippen molar-refractivity contribution in [3.05, 3.63) is 133 Å². The van der Waals surface area contributed by atoms with Gasteiger partial charge in [-0.15, -0.1) is 11.3 Å². The Morgan fingerprint density at radius 2 is 1.12 bits per heavy atom. The third kappa shape index (κ3) is 3.55. The van der Waals surface area contributed by atoms with E-state index in [1.807, 2.05) is 47.7 Å². The molecule has 8 rings (SSSR count). The zero-order valence-corrected chi connectivity index (χ0v) is 22.2. The first kappa shape index (κ1) is 22.8. The lowest BCUT2D eigenvalue weighted by atomic mass is 9.89. The summed E-state index contributed by atoms with van der Waals surface area (Å²) in [6, 6.07) is 46.8. The average molecular weight is 528 g/mol. The molecule has 2 aromatic heterocycles. The van der Waals surface area contributed by atoms with Crippen molar-refractivity contribution in [2.75, 3.05) is 0 Å². The molecule has 0 spiro atoms. The topological polar surface area (TPSA) is 36.9 Å². The lowest BCUT2D eigenvalue weighted by Crippen LogP contribution is -1.90. The molecule has 40 heavy (non-hydrogen) atoms. The Balaban J connectivity index is 1.39. The Kier molecular flexibility index (Phi) is 5.10. The van der Waals surface area contributed by atoms with Gasteiger partial charge in [0.15, 0.2) is 0 Å². The zero-order valence-electron chi connectivity index (χ0n) is 21.4. The van der Waals surface area contributed by atoms with Gasteiger partial charge in [-0.3, -0.25) is 0 Å².